The second-order valence-electron chi connectivity index (χ2n) is 8.66. The van der Waals surface area contributed by atoms with Gasteiger partial charge in [-0.25, -0.2) is 8.78 Å². The fourth-order valence-electron chi connectivity index (χ4n) is 4.52. The number of hydrogen-bond acceptors (Lipinski definition) is 6. The lowest BCUT2D eigenvalue weighted by atomic mass is 10.0. The number of hydrogen-bond donors (Lipinski definition) is 3. The van der Waals surface area contributed by atoms with E-state index in [-0.39, 0.29) is 42.7 Å². The van der Waals surface area contributed by atoms with E-state index in [2.05, 4.69) is 5.32 Å². The Bertz CT molecular complexity index is 1420. The van der Waals surface area contributed by atoms with Gasteiger partial charge in [0.2, 0.25) is 5.43 Å². The molecule has 9 nitrogen and oxygen atoms in total. The van der Waals surface area contributed by atoms with Gasteiger partial charge >= 0.3 is 0 Å². The molecule has 2 aliphatic rings. The van der Waals surface area contributed by atoms with E-state index in [1.54, 1.807) is 24.3 Å². The van der Waals surface area contributed by atoms with Crippen molar-refractivity contribution >= 4 is 11.8 Å². The number of halogens is 2. The van der Waals surface area contributed by atoms with Crippen LogP contribution in [0, 0.1) is 11.6 Å². The number of pyridine rings is 1. The zero-order valence-electron chi connectivity index (χ0n) is 18.8. The molecule has 11 heteroatoms. The SMILES string of the molecule is O=C(NCc1ccc(F)cc1F)c1cn2c(c(O)c1=O)C(=O)N1C(Cc3ccc(O)cc3)CO[C@@H]1C2. The van der Waals surface area contributed by atoms with E-state index in [4.69, 9.17) is 4.74 Å². The predicted octanol–water partition coefficient (Wildman–Crippen LogP) is 1.89. The number of aromatic hydroxyl groups is 2. The van der Waals surface area contributed by atoms with Crippen LogP contribution in [-0.2, 0) is 24.2 Å². The Balaban J connectivity index is 1.38. The standard InChI is InChI=1S/C25H21F2N3O6/c26-15-4-3-14(19(27)8-15)9-28-24(34)18-10-29-11-20-30(25(35)21(29)23(33)22(18)32)16(12-36-20)7-13-1-5-17(31)6-2-13/h1-6,8,10,16,20,31,33H,7,9,11-12H2,(H,28,34)/t16?,20-/m1/s1. The van der Waals surface area contributed by atoms with Gasteiger partial charge in [-0.05, 0) is 30.2 Å². The minimum Gasteiger partial charge on any atom is -0.508 e. The second-order valence-corrected chi connectivity index (χ2v) is 8.66. The first-order valence-electron chi connectivity index (χ1n) is 11.1. The van der Waals surface area contributed by atoms with E-state index in [0.29, 0.717) is 12.5 Å². The van der Waals surface area contributed by atoms with Crippen molar-refractivity contribution in [3.63, 3.8) is 0 Å². The van der Waals surface area contributed by atoms with Gasteiger partial charge in [0.1, 0.15) is 22.9 Å². The summed E-state index contributed by atoms with van der Waals surface area (Å²) in [5, 5.41) is 22.5. The fourth-order valence-corrected chi connectivity index (χ4v) is 4.52. The number of benzene rings is 2. The summed E-state index contributed by atoms with van der Waals surface area (Å²) >= 11 is 0. The molecule has 3 aromatic rings. The molecule has 1 saturated heterocycles. The summed E-state index contributed by atoms with van der Waals surface area (Å²) in [5.41, 5.74) is -0.846. The first kappa shape index (κ1) is 23.5. The van der Waals surface area contributed by atoms with Crippen molar-refractivity contribution in [2.75, 3.05) is 6.61 Å². The second kappa shape index (κ2) is 9.08. The van der Waals surface area contributed by atoms with E-state index < -0.39 is 46.4 Å². The maximum absolute atomic E-state index is 13.9. The molecule has 1 aromatic heterocycles. The number of phenols is 1. The Morgan fingerprint density at radius 2 is 1.86 bits per heavy atom. The third kappa shape index (κ3) is 4.17. The van der Waals surface area contributed by atoms with Gasteiger partial charge in [0, 0.05) is 24.4 Å². The first-order chi connectivity index (χ1) is 17.2. The summed E-state index contributed by atoms with van der Waals surface area (Å²) in [7, 11) is 0. The van der Waals surface area contributed by atoms with Crippen molar-refractivity contribution < 1.29 is 33.3 Å². The normalized spacial score (nSPS) is 18.6. The average Bonchev–Trinajstić information content (AvgIpc) is 3.24. The summed E-state index contributed by atoms with van der Waals surface area (Å²) < 4.78 is 34.0. The van der Waals surface area contributed by atoms with Crippen molar-refractivity contribution in [1.29, 1.82) is 0 Å². The van der Waals surface area contributed by atoms with E-state index in [0.717, 1.165) is 11.6 Å². The van der Waals surface area contributed by atoms with Crippen LogP contribution in [0.3, 0.4) is 0 Å². The lowest BCUT2D eigenvalue weighted by Gasteiger charge is -2.34. The van der Waals surface area contributed by atoms with Gasteiger partial charge in [-0.2, -0.15) is 0 Å². The van der Waals surface area contributed by atoms with Gasteiger partial charge in [-0.1, -0.05) is 18.2 Å². The molecule has 2 aromatic carbocycles. The smallest absolute Gasteiger partial charge is 0.276 e. The molecule has 2 aliphatic heterocycles. The zero-order valence-corrected chi connectivity index (χ0v) is 18.8. The number of rotatable bonds is 5. The van der Waals surface area contributed by atoms with Crippen LogP contribution in [0.15, 0.2) is 53.5 Å². The Hall–Kier alpha value is -4.25. The van der Waals surface area contributed by atoms with Crippen LogP contribution in [0.25, 0.3) is 0 Å². The van der Waals surface area contributed by atoms with Gasteiger partial charge in [0.15, 0.2) is 17.7 Å². The molecular formula is C25H21F2N3O6. The largest absolute Gasteiger partial charge is 0.508 e. The molecule has 2 amide bonds. The lowest BCUT2D eigenvalue weighted by molar-refractivity contribution is 0.00575. The highest BCUT2D eigenvalue weighted by Gasteiger charge is 2.44. The van der Waals surface area contributed by atoms with Crippen molar-refractivity contribution in [2.24, 2.45) is 0 Å². The van der Waals surface area contributed by atoms with E-state index >= 15 is 0 Å². The Labute approximate surface area is 203 Å². The fraction of sp³-hybridized carbons (Fsp3) is 0.240. The Kier molecular flexibility index (Phi) is 5.92. The van der Waals surface area contributed by atoms with Crippen LogP contribution in [0.5, 0.6) is 11.5 Å². The Morgan fingerprint density at radius 3 is 2.58 bits per heavy atom. The van der Waals surface area contributed by atoms with Gasteiger partial charge in [-0.3, -0.25) is 14.4 Å². The average molecular weight is 497 g/mol. The summed E-state index contributed by atoms with van der Waals surface area (Å²) in [6, 6.07) is 9.07. The van der Waals surface area contributed by atoms with Gasteiger partial charge in [-0.15, -0.1) is 0 Å². The third-order valence-corrected chi connectivity index (χ3v) is 6.34. The van der Waals surface area contributed by atoms with Gasteiger partial charge in [0.05, 0.1) is 19.2 Å². The third-order valence-electron chi connectivity index (χ3n) is 6.34. The maximum Gasteiger partial charge on any atom is 0.276 e. The highest BCUT2D eigenvalue weighted by atomic mass is 19.1. The highest BCUT2D eigenvalue weighted by molar-refractivity contribution is 5.99. The van der Waals surface area contributed by atoms with Gasteiger partial charge in [0.25, 0.3) is 11.8 Å². The van der Waals surface area contributed by atoms with E-state index in [1.807, 2.05) is 0 Å². The number of fused-ring (bicyclic) bond motifs is 2. The molecule has 3 N–H and O–H groups in total. The molecule has 0 spiro atoms. The van der Waals surface area contributed by atoms with E-state index in [1.165, 1.54) is 21.7 Å². The van der Waals surface area contributed by atoms with Crippen molar-refractivity contribution in [1.82, 2.24) is 14.8 Å². The molecule has 0 bridgehead atoms. The Morgan fingerprint density at radius 1 is 1.11 bits per heavy atom. The number of nitrogens with one attached hydrogen (secondary N) is 1. The number of nitrogens with zero attached hydrogens (tertiary/aromatic N) is 2. The highest BCUT2D eigenvalue weighted by Crippen LogP contribution is 2.31. The topological polar surface area (TPSA) is 121 Å². The molecule has 3 heterocycles. The molecule has 36 heavy (non-hydrogen) atoms. The van der Waals surface area contributed by atoms with Crippen LogP contribution in [-0.4, -0.2) is 50.4 Å². The summed E-state index contributed by atoms with van der Waals surface area (Å²) in [6.45, 7) is -0.00838. The molecule has 1 unspecified atom stereocenters. The van der Waals surface area contributed by atoms with Crippen LogP contribution >= 0.6 is 0 Å². The number of amides is 2. The van der Waals surface area contributed by atoms with Crippen LogP contribution in [0.1, 0.15) is 32.0 Å². The summed E-state index contributed by atoms with van der Waals surface area (Å²) in [5.74, 6) is -3.86. The summed E-state index contributed by atoms with van der Waals surface area (Å²) in [4.78, 5) is 40.2. The molecule has 0 radical (unpaired) electrons. The molecule has 1 fully saturated rings. The lowest BCUT2D eigenvalue weighted by Crippen LogP contribution is -2.50. The van der Waals surface area contributed by atoms with Gasteiger partial charge < -0.3 is 29.7 Å². The van der Waals surface area contributed by atoms with Crippen molar-refractivity contribution in [2.45, 2.75) is 31.8 Å². The van der Waals surface area contributed by atoms with Crippen molar-refractivity contribution in [3.8, 4) is 11.5 Å². The monoisotopic (exact) mass is 497 g/mol. The first-order valence-corrected chi connectivity index (χ1v) is 11.1. The predicted molar refractivity (Wildman–Crippen MR) is 121 cm³/mol. The zero-order chi connectivity index (χ0) is 25.6. The van der Waals surface area contributed by atoms with Crippen molar-refractivity contribution in [3.05, 3.63) is 92.9 Å². The number of carbonyl (C=O) groups excluding carboxylic acids is 2. The molecule has 5 rings (SSSR count). The molecular weight excluding hydrogens is 476 g/mol. The quantitative estimate of drug-likeness (QED) is 0.495. The maximum atomic E-state index is 13.9. The molecule has 2 atom stereocenters. The molecule has 0 aliphatic carbocycles. The summed E-state index contributed by atoms with van der Waals surface area (Å²) in [6.07, 6.45) is 0.936. The number of carbonyl (C=O) groups is 2. The number of ether oxygens (including phenoxy) is 1. The van der Waals surface area contributed by atoms with Crippen LogP contribution < -0.4 is 10.7 Å². The molecule has 186 valence electrons. The van der Waals surface area contributed by atoms with Crippen LogP contribution in [0.2, 0.25) is 0 Å². The molecule has 0 saturated carbocycles. The minimum atomic E-state index is -1.04. The number of aromatic nitrogens is 1. The number of phenolic OH excluding ortho intramolecular Hbond substituents is 1. The minimum absolute atomic E-state index is 0.0110. The van der Waals surface area contributed by atoms with Crippen LogP contribution in [0.4, 0.5) is 8.78 Å². The van der Waals surface area contributed by atoms with E-state index in [9.17, 15) is 33.4 Å².